The van der Waals surface area contributed by atoms with E-state index in [0.29, 0.717) is 17.8 Å². The lowest BCUT2D eigenvalue weighted by Gasteiger charge is -2.08. The standard InChI is InChI=1S/C22H18ClN5O2/c1-14-19(20(23)28(27-14)13-15-7-3-2-4-8-15)22(30)26-25-21(29)18-12-11-16-9-5-6-10-17(16)24-18/h2-12H,13H2,1H3,(H,25,29)(H,26,30). The highest BCUT2D eigenvalue weighted by atomic mass is 35.5. The molecule has 0 spiro atoms. The van der Waals surface area contributed by atoms with E-state index in [1.165, 1.54) is 0 Å². The Kier molecular flexibility index (Phi) is 5.45. The van der Waals surface area contributed by atoms with E-state index in [-0.39, 0.29) is 16.4 Å². The first-order valence-corrected chi connectivity index (χ1v) is 9.64. The summed E-state index contributed by atoms with van der Waals surface area (Å²) in [6, 6.07) is 20.5. The van der Waals surface area contributed by atoms with E-state index < -0.39 is 11.8 Å². The van der Waals surface area contributed by atoms with Crippen LogP contribution in [0.4, 0.5) is 0 Å². The minimum atomic E-state index is -0.550. The first kappa shape index (κ1) is 19.6. The average molecular weight is 420 g/mol. The predicted octanol–water partition coefficient (Wildman–Crippen LogP) is 3.52. The topological polar surface area (TPSA) is 88.9 Å². The van der Waals surface area contributed by atoms with Crippen molar-refractivity contribution in [3.05, 3.63) is 94.4 Å². The third-order valence-electron chi connectivity index (χ3n) is 4.59. The first-order chi connectivity index (χ1) is 14.5. The third-order valence-corrected chi connectivity index (χ3v) is 4.97. The number of aryl methyl sites for hydroxylation is 1. The number of hydrogen-bond acceptors (Lipinski definition) is 4. The van der Waals surface area contributed by atoms with E-state index in [1.807, 2.05) is 54.6 Å². The van der Waals surface area contributed by atoms with Crippen LogP contribution in [-0.2, 0) is 6.54 Å². The number of carbonyl (C=O) groups excluding carboxylic acids is 2. The molecule has 0 atom stereocenters. The number of fused-ring (bicyclic) bond motifs is 1. The van der Waals surface area contributed by atoms with Gasteiger partial charge < -0.3 is 0 Å². The summed E-state index contributed by atoms with van der Waals surface area (Å²) in [5, 5.41) is 5.47. The summed E-state index contributed by atoms with van der Waals surface area (Å²) < 4.78 is 1.55. The molecular formula is C22H18ClN5O2. The SMILES string of the molecule is Cc1nn(Cc2ccccc2)c(Cl)c1C(=O)NNC(=O)c1ccc2ccccc2n1. The summed E-state index contributed by atoms with van der Waals surface area (Å²) in [5.41, 5.74) is 7.33. The van der Waals surface area contributed by atoms with Crippen molar-refractivity contribution in [1.82, 2.24) is 25.6 Å². The molecule has 2 aromatic carbocycles. The summed E-state index contributed by atoms with van der Waals surface area (Å²) in [7, 11) is 0. The molecular weight excluding hydrogens is 402 g/mol. The van der Waals surface area contributed by atoms with Crippen LogP contribution < -0.4 is 10.9 Å². The summed E-state index contributed by atoms with van der Waals surface area (Å²) in [6.45, 7) is 2.12. The Bertz CT molecular complexity index is 1240. The van der Waals surface area contributed by atoms with Crippen molar-refractivity contribution in [2.45, 2.75) is 13.5 Å². The molecule has 2 amide bonds. The Hall–Kier alpha value is -3.71. The van der Waals surface area contributed by atoms with Gasteiger partial charge in [-0.2, -0.15) is 5.10 Å². The fourth-order valence-electron chi connectivity index (χ4n) is 3.10. The number of aromatic nitrogens is 3. The first-order valence-electron chi connectivity index (χ1n) is 9.26. The third kappa shape index (κ3) is 4.01. The van der Waals surface area contributed by atoms with Gasteiger partial charge in [0.1, 0.15) is 16.4 Å². The van der Waals surface area contributed by atoms with Crippen LogP contribution in [0.2, 0.25) is 5.15 Å². The van der Waals surface area contributed by atoms with Crippen molar-refractivity contribution in [2.24, 2.45) is 0 Å². The number of halogens is 1. The zero-order chi connectivity index (χ0) is 21.1. The van der Waals surface area contributed by atoms with Crippen LogP contribution >= 0.6 is 11.6 Å². The number of carbonyl (C=O) groups is 2. The molecule has 2 heterocycles. The van der Waals surface area contributed by atoms with Gasteiger partial charge in [-0.25, -0.2) is 9.67 Å². The Labute approximate surface area is 177 Å². The van der Waals surface area contributed by atoms with E-state index in [2.05, 4.69) is 20.9 Å². The molecule has 4 rings (SSSR count). The number of benzene rings is 2. The number of para-hydroxylation sites is 1. The number of pyridine rings is 1. The highest BCUT2D eigenvalue weighted by Crippen LogP contribution is 2.20. The van der Waals surface area contributed by atoms with Crippen molar-refractivity contribution in [1.29, 1.82) is 0 Å². The molecule has 0 aliphatic rings. The normalized spacial score (nSPS) is 10.7. The van der Waals surface area contributed by atoms with E-state index in [0.717, 1.165) is 10.9 Å². The summed E-state index contributed by atoms with van der Waals surface area (Å²) in [4.78, 5) is 29.3. The fraction of sp³-hybridized carbons (Fsp3) is 0.0909. The van der Waals surface area contributed by atoms with Gasteiger partial charge in [-0.1, -0.05) is 66.2 Å². The minimum absolute atomic E-state index is 0.191. The maximum absolute atomic E-state index is 12.6. The number of amides is 2. The van der Waals surface area contributed by atoms with Gasteiger partial charge in [-0.05, 0) is 24.6 Å². The maximum atomic E-state index is 12.6. The van der Waals surface area contributed by atoms with Gasteiger partial charge in [-0.3, -0.25) is 20.4 Å². The molecule has 0 aliphatic heterocycles. The molecule has 0 aliphatic carbocycles. The fourth-order valence-corrected chi connectivity index (χ4v) is 3.43. The Morgan fingerprint density at radius 3 is 2.43 bits per heavy atom. The molecule has 7 nitrogen and oxygen atoms in total. The van der Waals surface area contributed by atoms with Gasteiger partial charge in [0.2, 0.25) is 0 Å². The lowest BCUT2D eigenvalue weighted by Crippen LogP contribution is -2.42. The van der Waals surface area contributed by atoms with Crippen LogP contribution in [0, 0.1) is 6.92 Å². The van der Waals surface area contributed by atoms with Crippen molar-refractivity contribution in [3.63, 3.8) is 0 Å². The molecule has 0 radical (unpaired) electrons. The largest absolute Gasteiger partial charge is 0.288 e. The zero-order valence-electron chi connectivity index (χ0n) is 16.1. The van der Waals surface area contributed by atoms with Crippen LogP contribution in [0.1, 0.15) is 32.1 Å². The maximum Gasteiger partial charge on any atom is 0.288 e. The van der Waals surface area contributed by atoms with Crippen LogP contribution in [0.25, 0.3) is 10.9 Å². The second-order valence-electron chi connectivity index (χ2n) is 6.69. The van der Waals surface area contributed by atoms with E-state index >= 15 is 0 Å². The number of nitrogens with one attached hydrogen (secondary N) is 2. The molecule has 0 unspecified atom stereocenters. The smallest absolute Gasteiger partial charge is 0.267 e. The number of hydrazine groups is 1. The van der Waals surface area contributed by atoms with Gasteiger partial charge in [-0.15, -0.1) is 0 Å². The van der Waals surface area contributed by atoms with Crippen molar-refractivity contribution in [3.8, 4) is 0 Å². The second-order valence-corrected chi connectivity index (χ2v) is 7.05. The van der Waals surface area contributed by atoms with Crippen LogP contribution in [0.5, 0.6) is 0 Å². The van der Waals surface area contributed by atoms with Crippen LogP contribution in [0.15, 0.2) is 66.7 Å². The van der Waals surface area contributed by atoms with E-state index in [4.69, 9.17) is 11.6 Å². The molecule has 30 heavy (non-hydrogen) atoms. The van der Waals surface area contributed by atoms with Gasteiger partial charge in [0, 0.05) is 5.39 Å². The Morgan fingerprint density at radius 1 is 0.933 bits per heavy atom. The predicted molar refractivity (Wildman–Crippen MR) is 114 cm³/mol. The highest BCUT2D eigenvalue weighted by molar-refractivity contribution is 6.33. The second kappa shape index (κ2) is 8.34. The molecule has 4 aromatic rings. The quantitative estimate of drug-likeness (QED) is 0.495. The van der Waals surface area contributed by atoms with Crippen LogP contribution in [0.3, 0.4) is 0 Å². The van der Waals surface area contributed by atoms with Gasteiger partial charge in [0.15, 0.2) is 0 Å². The lowest BCUT2D eigenvalue weighted by molar-refractivity contribution is 0.0844. The summed E-state index contributed by atoms with van der Waals surface area (Å²) in [5.74, 6) is -1.08. The lowest BCUT2D eigenvalue weighted by atomic mass is 10.2. The highest BCUT2D eigenvalue weighted by Gasteiger charge is 2.21. The zero-order valence-corrected chi connectivity index (χ0v) is 16.8. The number of nitrogens with zero attached hydrogens (tertiary/aromatic N) is 3. The molecule has 0 saturated carbocycles. The molecule has 0 bridgehead atoms. The van der Waals surface area contributed by atoms with Crippen molar-refractivity contribution < 1.29 is 9.59 Å². The number of rotatable bonds is 4. The molecule has 2 N–H and O–H groups in total. The van der Waals surface area contributed by atoms with Crippen molar-refractivity contribution >= 4 is 34.3 Å². The van der Waals surface area contributed by atoms with E-state index in [9.17, 15) is 9.59 Å². The molecule has 8 heteroatoms. The molecule has 2 aromatic heterocycles. The van der Waals surface area contributed by atoms with E-state index in [1.54, 1.807) is 23.7 Å². The van der Waals surface area contributed by atoms with Gasteiger partial charge in [0.25, 0.3) is 11.8 Å². The monoisotopic (exact) mass is 419 g/mol. The summed E-state index contributed by atoms with van der Waals surface area (Å²) in [6.07, 6.45) is 0. The molecule has 0 saturated heterocycles. The number of hydrogen-bond donors (Lipinski definition) is 2. The van der Waals surface area contributed by atoms with Gasteiger partial charge >= 0.3 is 0 Å². The Balaban J connectivity index is 1.46. The minimum Gasteiger partial charge on any atom is -0.267 e. The molecule has 150 valence electrons. The van der Waals surface area contributed by atoms with Crippen LogP contribution in [-0.4, -0.2) is 26.6 Å². The van der Waals surface area contributed by atoms with Crippen molar-refractivity contribution in [2.75, 3.05) is 0 Å². The average Bonchev–Trinajstić information content (AvgIpc) is 3.05. The van der Waals surface area contributed by atoms with Gasteiger partial charge in [0.05, 0.1) is 17.8 Å². The Morgan fingerprint density at radius 2 is 1.63 bits per heavy atom. The molecule has 0 fully saturated rings. The summed E-state index contributed by atoms with van der Waals surface area (Å²) >= 11 is 6.39.